The number of amides is 1. The molecule has 1 N–H and O–H groups in total. The number of sulfone groups is 1. The molecule has 0 saturated carbocycles. The summed E-state index contributed by atoms with van der Waals surface area (Å²) in [5.74, 6) is -0.335. The molecule has 3 aromatic rings. The van der Waals surface area contributed by atoms with Crippen LogP contribution in [-0.2, 0) is 16.4 Å². The minimum Gasteiger partial charge on any atom is -0.322 e. The van der Waals surface area contributed by atoms with Gasteiger partial charge in [-0.1, -0.05) is 36.4 Å². The Bertz CT molecular complexity index is 1040. The summed E-state index contributed by atoms with van der Waals surface area (Å²) in [6.45, 7) is 2.37. The Balaban J connectivity index is 1.77. The normalized spacial score (nSPS) is 11.3. The maximum absolute atomic E-state index is 12.5. The Morgan fingerprint density at radius 2 is 1.88 bits per heavy atom. The second-order valence-corrected chi connectivity index (χ2v) is 8.13. The molecule has 7 heteroatoms. The Labute approximate surface area is 152 Å². The Morgan fingerprint density at radius 1 is 1.15 bits per heavy atom. The van der Waals surface area contributed by atoms with Gasteiger partial charge in [-0.2, -0.15) is 5.10 Å². The maximum atomic E-state index is 12.5. The number of carbonyl (C=O) groups excluding carboxylic acids is 1. The zero-order valence-corrected chi connectivity index (χ0v) is 15.3. The molecule has 0 aliphatic heterocycles. The number of carbonyl (C=O) groups is 1. The van der Waals surface area contributed by atoms with Gasteiger partial charge < -0.3 is 5.32 Å². The van der Waals surface area contributed by atoms with E-state index in [0.29, 0.717) is 17.8 Å². The molecule has 0 saturated heterocycles. The molecule has 0 aliphatic rings. The molecule has 1 heterocycles. The molecule has 0 fully saturated rings. The first-order valence-electron chi connectivity index (χ1n) is 8.01. The zero-order valence-electron chi connectivity index (χ0n) is 14.5. The summed E-state index contributed by atoms with van der Waals surface area (Å²) in [7, 11) is -3.34. The second kappa shape index (κ2) is 7.13. The molecule has 0 unspecified atom stereocenters. The lowest BCUT2D eigenvalue weighted by Crippen LogP contribution is -2.13. The van der Waals surface area contributed by atoms with Crippen molar-refractivity contribution in [3.05, 3.63) is 77.6 Å². The van der Waals surface area contributed by atoms with Crippen LogP contribution in [0.15, 0.2) is 65.8 Å². The quantitative estimate of drug-likeness (QED) is 0.750. The largest absolute Gasteiger partial charge is 0.322 e. The van der Waals surface area contributed by atoms with Crippen LogP contribution in [0.2, 0.25) is 0 Å². The van der Waals surface area contributed by atoms with Gasteiger partial charge in [0.15, 0.2) is 9.84 Å². The first-order chi connectivity index (χ1) is 12.3. The van der Waals surface area contributed by atoms with Crippen LogP contribution >= 0.6 is 0 Å². The smallest absolute Gasteiger partial charge is 0.258 e. The molecule has 1 amide bonds. The van der Waals surface area contributed by atoms with Crippen LogP contribution in [0.1, 0.15) is 21.5 Å². The minimum atomic E-state index is -3.34. The Morgan fingerprint density at radius 3 is 2.58 bits per heavy atom. The second-order valence-electron chi connectivity index (χ2n) is 6.12. The lowest BCUT2D eigenvalue weighted by Gasteiger charge is -2.09. The highest BCUT2D eigenvalue weighted by atomic mass is 32.2. The van der Waals surface area contributed by atoms with Crippen molar-refractivity contribution < 1.29 is 13.2 Å². The van der Waals surface area contributed by atoms with E-state index in [4.69, 9.17) is 0 Å². The zero-order chi connectivity index (χ0) is 18.7. The van der Waals surface area contributed by atoms with E-state index in [1.54, 1.807) is 23.9 Å². The third kappa shape index (κ3) is 4.18. The van der Waals surface area contributed by atoms with Gasteiger partial charge in [0, 0.05) is 18.1 Å². The standard InChI is InChI=1S/C19H19N3O3S/c1-14-8-9-17(26(2,24)25)10-18(14)21-19(23)16-11-20-22(13-16)12-15-6-4-3-5-7-15/h3-11,13H,12H2,1-2H3,(H,21,23). The molecule has 0 bridgehead atoms. The predicted octanol–water partition coefficient (Wildman–Crippen LogP) is 2.90. The van der Waals surface area contributed by atoms with Crippen LogP contribution in [0.4, 0.5) is 5.69 Å². The molecule has 6 nitrogen and oxygen atoms in total. The number of anilines is 1. The summed E-state index contributed by atoms with van der Waals surface area (Å²) in [5.41, 5.74) is 2.74. The number of aromatic nitrogens is 2. The van der Waals surface area contributed by atoms with Crippen molar-refractivity contribution in [2.75, 3.05) is 11.6 Å². The van der Waals surface area contributed by atoms with Gasteiger partial charge in [0.2, 0.25) is 0 Å². The number of rotatable bonds is 5. The molecule has 26 heavy (non-hydrogen) atoms. The molecule has 134 valence electrons. The van der Waals surface area contributed by atoms with Gasteiger partial charge in [-0.25, -0.2) is 8.42 Å². The third-order valence-corrected chi connectivity index (χ3v) is 5.08. The van der Waals surface area contributed by atoms with E-state index in [-0.39, 0.29) is 10.8 Å². The van der Waals surface area contributed by atoms with Crippen LogP contribution < -0.4 is 5.32 Å². The summed E-state index contributed by atoms with van der Waals surface area (Å²) < 4.78 is 25.1. The molecular formula is C19H19N3O3S. The fraction of sp³-hybridized carbons (Fsp3) is 0.158. The van der Waals surface area contributed by atoms with Crippen LogP contribution in [0, 0.1) is 6.92 Å². The van der Waals surface area contributed by atoms with Crippen molar-refractivity contribution in [3.63, 3.8) is 0 Å². The van der Waals surface area contributed by atoms with Crippen LogP contribution in [0.3, 0.4) is 0 Å². The van der Waals surface area contributed by atoms with Gasteiger partial charge >= 0.3 is 0 Å². The molecule has 2 aromatic carbocycles. The van der Waals surface area contributed by atoms with Gasteiger partial charge in [-0.05, 0) is 30.2 Å². The lowest BCUT2D eigenvalue weighted by atomic mass is 10.2. The van der Waals surface area contributed by atoms with E-state index in [1.165, 1.54) is 18.3 Å². The van der Waals surface area contributed by atoms with Gasteiger partial charge in [0.1, 0.15) is 0 Å². The third-order valence-electron chi connectivity index (χ3n) is 3.97. The van der Waals surface area contributed by atoms with E-state index < -0.39 is 9.84 Å². The van der Waals surface area contributed by atoms with Crippen molar-refractivity contribution in [2.24, 2.45) is 0 Å². The van der Waals surface area contributed by atoms with Crippen molar-refractivity contribution in [2.45, 2.75) is 18.4 Å². The SMILES string of the molecule is Cc1ccc(S(C)(=O)=O)cc1NC(=O)c1cnn(Cc2ccccc2)c1. The van der Waals surface area contributed by atoms with Gasteiger partial charge in [0.05, 0.1) is 23.2 Å². The van der Waals surface area contributed by atoms with Gasteiger partial charge in [-0.15, -0.1) is 0 Å². The molecule has 1 aromatic heterocycles. The number of nitrogens with zero attached hydrogens (tertiary/aromatic N) is 2. The number of hydrogen-bond acceptors (Lipinski definition) is 4. The molecular weight excluding hydrogens is 350 g/mol. The lowest BCUT2D eigenvalue weighted by molar-refractivity contribution is 0.102. The topological polar surface area (TPSA) is 81.1 Å². The average Bonchev–Trinajstić information content (AvgIpc) is 3.05. The number of aryl methyl sites for hydroxylation is 1. The summed E-state index contributed by atoms with van der Waals surface area (Å²) in [6, 6.07) is 14.5. The highest BCUT2D eigenvalue weighted by Crippen LogP contribution is 2.21. The van der Waals surface area contributed by atoms with Crippen molar-refractivity contribution in [1.29, 1.82) is 0 Å². The Hall–Kier alpha value is -2.93. The summed E-state index contributed by atoms with van der Waals surface area (Å²) in [4.78, 5) is 12.6. The van der Waals surface area contributed by atoms with Crippen molar-refractivity contribution in [3.8, 4) is 0 Å². The van der Waals surface area contributed by atoms with Crippen LogP contribution in [0.25, 0.3) is 0 Å². The predicted molar refractivity (Wildman–Crippen MR) is 100 cm³/mol. The number of hydrogen-bond donors (Lipinski definition) is 1. The monoisotopic (exact) mass is 369 g/mol. The molecule has 0 atom stereocenters. The highest BCUT2D eigenvalue weighted by Gasteiger charge is 2.14. The molecule has 0 spiro atoms. The maximum Gasteiger partial charge on any atom is 0.258 e. The van der Waals surface area contributed by atoms with Crippen LogP contribution in [-0.4, -0.2) is 30.4 Å². The number of nitrogens with one attached hydrogen (secondary N) is 1. The molecule has 3 rings (SSSR count). The fourth-order valence-corrected chi connectivity index (χ4v) is 3.15. The van der Waals surface area contributed by atoms with Crippen molar-refractivity contribution >= 4 is 21.4 Å². The van der Waals surface area contributed by atoms with E-state index in [2.05, 4.69) is 10.4 Å². The first-order valence-corrected chi connectivity index (χ1v) is 9.90. The first kappa shape index (κ1) is 17.9. The summed E-state index contributed by atoms with van der Waals surface area (Å²) >= 11 is 0. The summed E-state index contributed by atoms with van der Waals surface area (Å²) in [6.07, 6.45) is 4.29. The van der Waals surface area contributed by atoms with E-state index >= 15 is 0 Å². The highest BCUT2D eigenvalue weighted by molar-refractivity contribution is 7.90. The average molecular weight is 369 g/mol. The fourth-order valence-electron chi connectivity index (χ4n) is 2.50. The minimum absolute atomic E-state index is 0.165. The van der Waals surface area contributed by atoms with E-state index in [0.717, 1.165) is 17.4 Å². The molecule has 0 radical (unpaired) electrons. The van der Waals surface area contributed by atoms with E-state index in [1.807, 2.05) is 30.3 Å². The van der Waals surface area contributed by atoms with Crippen molar-refractivity contribution in [1.82, 2.24) is 9.78 Å². The van der Waals surface area contributed by atoms with Gasteiger partial charge in [-0.3, -0.25) is 9.48 Å². The number of benzene rings is 2. The molecule has 0 aliphatic carbocycles. The Kier molecular flexibility index (Phi) is 4.90. The van der Waals surface area contributed by atoms with E-state index in [9.17, 15) is 13.2 Å². The van der Waals surface area contributed by atoms with Gasteiger partial charge in [0.25, 0.3) is 5.91 Å². The summed E-state index contributed by atoms with van der Waals surface area (Å²) in [5, 5.41) is 6.97. The van der Waals surface area contributed by atoms with Crippen LogP contribution in [0.5, 0.6) is 0 Å².